The molecule has 1 unspecified atom stereocenters. The summed E-state index contributed by atoms with van der Waals surface area (Å²) in [6.45, 7) is 33.8. The minimum absolute atomic E-state index is 0.000462. The second-order valence-corrected chi connectivity index (χ2v) is 28.1. The predicted octanol–water partition coefficient (Wildman–Crippen LogP) is 20.0. The highest BCUT2D eigenvalue weighted by Crippen LogP contribution is 2.57. The molecule has 0 N–H and O–H groups in total. The Kier molecular flexibility index (Phi) is 12.8. The Morgan fingerprint density at radius 1 is 0.362 bits per heavy atom. The first-order valence-corrected chi connectivity index (χ1v) is 29.5. The number of nitrogens with zero attached hydrogens (tertiary/aromatic N) is 2. The number of hydrogen-bond acceptors (Lipinski definition) is 2. The van der Waals surface area contributed by atoms with Crippen LogP contribution < -0.4 is 15.3 Å². The van der Waals surface area contributed by atoms with Crippen LogP contribution in [0.15, 0.2) is 200 Å². The van der Waals surface area contributed by atoms with Gasteiger partial charge in [0.2, 0.25) is 0 Å². The molecule has 1 aliphatic carbocycles. The molecule has 2 heterocycles. The highest BCUT2D eigenvalue weighted by molar-refractivity contribution is 6.61. The first kappa shape index (κ1) is 53.3. The molecule has 3 heteroatoms. The molecule has 2 aliphatic heterocycles. The maximum atomic E-state index is 2.75. The van der Waals surface area contributed by atoms with Crippen LogP contribution in [0.5, 0.6) is 0 Å². The standard InChI is InChI=1S/C77H81BN2/c1-72(2,3)56-36-40-65(60(44-56)52-32-30-51(31-33-52)50-24-18-15-19-25-50)80-67-49-64-63(74(7,8)42-43-75(64,9)10)48-62(67)70-61-45-57(77(13,14)54-28-22-17-23-29-54)37-41-66(61)79(68-46-58(73(4,5)6)47-69(80)71(68)78-70)59-38-34-55(35-39-59)76(11,12)53-26-20-16-21-27-53/h15-41,44-49,70,78H,42-43H2,1-14H3. The molecule has 9 aromatic rings. The monoisotopic (exact) mass is 1040 g/mol. The van der Waals surface area contributed by atoms with Crippen molar-refractivity contribution in [1.29, 1.82) is 0 Å². The van der Waals surface area contributed by atoms with Gasteiger partial charge in [0.15, 0.2) is 7.28 Å². The molecule has 9 aromatic carbocycles. The predicted molar refractivity (Wildman–Crippen MR) is 345 cm³/mol. The average molecular weight is 1050 g/mol. The second-order valence-electron chi connectivity index (χ2n) is 28.1. The van der Waals surface area contributed by atoms with Crippen molar-refractivity contribution in [3.05, 3.63) is 256 Å². The number of anilines is 6. The zero-order valence-electron chi connectivity index (χ0n) is 50.1. The molecule has 0 spiro atoms. The fraction of sp³-hybridized carbons (Fsp3) is 0.299. The van der Waals surface area contributed by atoms with Crippen LogP contribution in [-0.2, 0) is 32.5 Å². The van der Waals surface area contributed by atoms with Crippen molar-refractivity contribution in [2.45, 2.75) is 148 Å². The van der Waals surface area contributed by atoms with Crippen LogP contribution in [0.1, 0.15) is 171 Å². The molecule has 0 aromatic heterocycles. The highest BCUT2D eigenvalue weighted by Gasteiger charge is 2.44. The molecule has 2 bridgehead atoms. The smallest absolute Gasteiger partial charge is 0.176 e. The average Bonchev–Trinajstić information content (AvgIpc) is 2.58. The van der Waals surface area contributed by atoms with Crippen molar-refractivity contribution in [3.63, 3.8) is 0 Å². The zero-order chi connectivity index (χ0) is 56.3. The largest absolute Gasteiger partial charge is 0.311 e. The SMILES string of the molecule is CC(C)(C)c1ccc(N2c3cc4c(cc3C3Bc5c(cc(C(C)(C)C)cc52)N(c2ccc(C(C)(C)c5ccccc5)cc2)c2ccc(C(C)(C)c5ccccc5)cc23)C(C)(C)CCC4(C)C)c(-c2ccc(-c3ccccc3)cc2)c1. The summed E-state index contributed by atoms with van der Waals surface area (Å²) in [5, 5.41) is 0. The van der Waals surface area contributed by atoms with E-state index < -0.39 is 0 Å². The Bertz CT molecular complexity index is 3790. The number of rotatable bonds is 8. The molecule has 2 nitrogen and oxygen atoms in total. The summed E-state index contributed by atoms with van der Waals surface area (Å²) in [6.07, 6.45) is 2.29. The van der Waals surface area contributed by atoms with Crippen LogP contribution in [0.3, 0.4) is 0 Å². The van der Waals surface area contributed by atoms with E-state index in [0.29, 0.717) is 0 Å². The van der Waals surface area contributed by atoms with Crippen molar-refractivity contribution in [3.8, 4) is 22.3 Å². The number of benzene rings is 9. The summed E-state index contributed by atoms with van der Waals surface area (Å²) in [6, 6.07) is 77.4. The molecule has 0 saturated carbocycles. The van der Waals surface area contributed by atoms with E-state index >= 15 is 0 Å². The molecular formula is C77H81BN2. The lowest BCUT2D eigenvalue weighted by molar-refractivity contribution is 0.331. The normalized spacial score (nSPS) is 16.4. The molecule has 1 atom stereocenters. The third kappa shape index (κ3) is 9.14. The Balaban J connectivity index is 1.20. The summed E-state index contributed by atoms with van der Waals surface area (Å²) in [4.78, 5) is 5.41. The first-order valence-electron chi connectivity index (χ1n) is 29.5. The van der Waals surface area contributed by atoms with E-state index in [1.165, 1.54) is 117 Å². The molecule has 0 fully saturated rings. The van der Waals surface area contributed by atoms with E-state index in [9.17, 15) is 0 Å². The summed E-state index contributed by atoms with van der Waals surface area (Å²) < 4.78 is 0. The van der Waals surface area contributed by atoms with Gasteiger partial charge in [-0.15, -0.1) is 0 Å². The molecule has 0 amide bonds. The van der Waals surface area contributed by atoms with E-state index in [1.54, 1.807) is 0 Å². The van der Waals surface area contributed by atoms with Crippen molar-refractivity contribution in [2.24, 2.45) is 0 Å². The highest BCUT2D eigenvalue weighted by atomic mass is 15.2. The van der Waals surface area contributed by atoms with Gasteiger partial charge >= 0.3 is 0 Å². The van der Waals surface area contributed by atoms with E-state index in [2.05, 4.69) is 307 Å². The van der Waals surface area contributed by atoms with Gasteiger partial charge in [-0.05, 0) is 167 Å². The van der Waals surface area contributed by atoms with Gasteiger partial charge in [-0.2, -0.15) is 0 Å². The number of hydrogen-bond donors (Lipinski definition) is 0. The van der Waals surface area contributed by atoms with Crippen molar-refractivity contribution >= 4 is 46.9 Å². The molecule has 12 rings (SSSR count). The van der Waals surface area contributed by atoms with Crippen LogP contribution in [-0.4, -0.2) is 7.28 Å². The van der Waals surface area contributed by atoms with Gasteiger partial charge in [0, 0.05) is 44.8 Å². The van der Waals surface area contributed by atoms with Crippen LogP contribution in [0.25, 0.3) is 22.3 Å². The maximum absolute atomic E-state index is 2.75. The fourth-order valence-electron chi connectivity index (χ4n) is 13.6. The Morgan fingerprint density at radius 2 is 0.812 bits per heavy atom. The molecule has 0 radical (unpaired) electrons. The number of fused-ring (bicyclic) bond motifs is 6. The third-order valence-corrected chi connectivity index (χ3v) is 19.2. The van der Waals surface area contributed by atoms with Crippen LogP contribution >= 0.6 is 0 Å². The van der Waals surface area contributed by atoms with Crippen molar-refractivity contribution in [1.82, 2.24) is 0 Å². The quantitative estimate of drug-likeness (QED) is 0.140. The van der Waals surface area contributed by atoms with Gasteiger partial charge in [0.05, 0.1) is 5.69 Å². The summed E-state index contributed by atoms with van der Waals surface area (Å²) >= 11 is 0. The van der Waals surface area contributed by atoms with Crippen molar-refractivity contribution in [2.75, 3.05) is 9.80 Å². The lowest BCUT2D eigenvalue weighted by Gasteiger charge is -2.44. The summed E-state index contributed by atoms with van der Waals surface area (Å²) in [5.41, 5.74) is 26.6. The Hall–Kier alpha value is -7.36. The van der Waals surface area contributed by atoms with Gasteiger partial charge in [-0.25, -0.2) is 0 Å². The summed E-state index contributed by atoms with van der Waals surface area (Å²) in [5.74, 6) is 0.0318. The van der Waals surface area contributed by atoms with E-state index in [4.69, 9.17) is 0 Å². The van der Waals surface area contributed by atoms with Crippen LogP contribution in [0, 0.1) is 0 Å². The second kappa shape index (κ2) is 19.1. The fourth-order valence-corrected chi connectivity index (χ4v) is 13.6. The van der Waals surface area contributed by atoms with Crippen LogP contribution in [0.2, 0.25) is 0 Å². The van der Waals surface area contributed by atoms with Gasteiger partial charge in [0.1, 0.15) is 0 Å². The van der Waals surface area contributed by atoms with Gasteiger partial charge < -0.3 is 9.80 Å². The molecule has 0 saturated heterocycles. The van der Waals surface area contributed by atoms with Gasteiger partial charge in [-0.1, -0.05) is 249 Å². The molecular weight excluding hydrogens is 964 g/mol. The lowest BCUT2D eigenvalue weighted by atomic mass is 9.53. The topological polar surface area (TPSA) is 6.48 Å². The van der Waals surface area contributed by atoms with Gasteiger partial charge in [-0.3, -0.25) is 0 Å². The lowest BCUT2D eigenvalue weighted by Crippen LogP contribution is -2.34. The Morgan fingerprint density at radius 3 is 1.39 bits per heavy atom. The van der Waals surface area contributed by atoms with E-state index in [0.717, 1.165) is 20.1 Å². The molecule has 80 heavy (non-hydrogen) atoms. The van der Waals surface area contributed by atoms with Crippen LogP contribution in [0.4, 0.5) is 34.1 Å². The maximum Gasteiger partial charge on any atom is 0.176 e. The third-order valence-electron chi connectivity index (χ3n) is 19.2. The minimum Gasteiger partial charge on any atom is -0.311 e. The first-order chi connectivity index (χ1) is 37.9. The van der Waals surface area contributed by atoms with E-state index in [-0.39, 0.29) is 38.3 Å². The van der Waals surface area contributed by atoms with E-state index in [1.807, 2.05) is 0 Å². The Labute approximate surface area is 480 Å². The van der Waals surface area contributed by atoms with Crippen molar-refractivity contribution < 1.29 is 0 Å². The summed E-state index contributed by atoms with van der Waals surface area (Å²) in [7, 11) is 0.847. The minimum atomic E-state index is -0.253. The zero-order valence-corrected chi connectivity index (χ0v) is 50.1. The molecule has 402 valence electrons. The molecule has 3 aliphatic rings. The van der Waals surface area contributed by atoms with Gasteiger partial charge in [0.25, 0.3) is 0 Å².